The summed E-state index contributed by atoms with van der Waals surface area (Å²) in [6, 6.07) is 22.1. The number of nitrogens with zero attached hydrogens (tertiary/aromatic N) is 4. The smallest absolute Gasteiger partial charge is 0.255 e. The molecular formula is C22H14ClN5O. The average molecular weight is 400 g/mol. The van der Waals surface area contributed by atoms with Crippen molar-refractivity contribution in [2.24, 2.45) is 0 Å². The van der Waals surface area contributed by atoms with Gasteiger partial charge in [-0.1, -0.05) is 48.0 Å². The molecule has 0 radical (unpaired) electrons. The molecule has 140 valence electrons. The average Bonchev–Trinajstić information content (AvgIpc) is 3.19. The largest absolute Gasteiger partial charge is 0.322 e. The topological polar surface area (TPSA) is 72.2 Å². The number of carbonyl (C=O) groups excluding carboxylic acids is 1. The number of rotatable bonds is 3. The maximum absolute atomic E-state index is 12.5. The van der Waals surface area contributed by atoms with E-state index in [1.807, 2.05) is 48.5 Å². The van der Waals surface area contributed by atoms with Crippen molar-refractivity contribution >= 4 is 39.6 Å². The van der Waals surface area contributed by atoms with E-state index in [0.717, 1.165) is 16.3 Å². The molecule has 5 rings (SSSR count). The Morgan fingerprint density at radius 1 is 0.931 bits per heavy atom. The van der Waals surface area contributed by atoms with Crippen molar-refractivity contribution in [1.29, 1.82) is 0 Å². The van der Waals surface area contributed by atoms with E-state index in [-0.39, 0.29) is 5.91 Å². The first-order valence-electron chi connectivity index (χ1n) is 8.95. The van der Waals surface area contributed by atoms with Crippen LogP contribution in [0, 0.1) is 0 Å². The molecule has 0 aliphatic heterocycles. The minimum absolute atomic E-state index is 0.214. The van der Waals surface area contributed by atoms with Crippen molar-refractivity contribution < 1.29 is 4.79 Å². The van der Waals surface area contributed by atoms with Gasteiger partial charge in [-0.05, 0) is 36.4 Å². The van der Waals surface area contributed by atoms with Gasteiger partial charge in [0.2, 0.25) is 0 Å². The third-order valence-corrected chi connectivity index (χ3v) is 4.89. The lowest BCUT2D eigenvalue weighted by atomic mass is 10.1. The number of halogens is 1. The van der Waals surface area contributed by atoms with Crippen molar-refractivity contribution in [3.05, 3.63) is 89.6 Å². The molecule has 1 amide bonds. The summed E-state index contributed by atoms with van der Waals surface area (Å²) in [4.78, 5) is 12.5. The predicted octanol–water partition coefficient (Wildman–Crippen LogP) is 4.85. The molecule has 1 N–H and O–H groups in total. The minimum Gasteiger partial charge on any atom is -0.322 e. The van der Waals surface area contributed by atoms with Crippen LogP contribution in [0.5, 0.6) is 0 Å². The van der Waals surface area contributed by atoms with Crippen LogP contribution in [0.15, 0.2) is 79.0 Å². The Hall–Kier alpha value is -3.77. The summed E-state index contributed by atoms with van der Waals surface area (Å²) in [5.41, 5.74) is 2.67. The fourth-order valence-corrected chi connectivity index (χ4v) is 3.34. The fourth-order valence-electron chi connectivity index (χ4n) is 3.21. The number of anilines is 1. The monoisotopic (exact) mass is 399 g/mol. The molecule has 0 saturated carbocycles. The van der Waals surface area contributed by atoms with Gasteiger partial charge in [0.15, 0.2) is 11.5 Å². The van der Waals surface area contributed by atoms with Gasteiger partial charge in [-0.2, -0.15) is 9.61 Å². The van der Waals surface area contributed by atoms with Gasteiger partial charge in [0.25, 0.3) is 5.91 Å². The molecule has 6 nitrogen and oxygen atoms in total. The van der Waals surface area contributed by atoms with Crippen LogP contribution in [0.3, 0.4) is 0 Å². The van der Waals surface area contributed by atoms with E-state index in [1.165, 1.54) is 0 Å². The lowest BCUT2D eigenvalue weighted by Crippen LogP contribution is -2.11. The molecule has 0 aliphatic carbocycles. The normalized spacial score (nSPS) is 11.1. The van der Waals surface area contributed by atoms with Crippen LogP contribution >= 0.6 is 11.6 Å². The lowest BCUT2D eigenvalue weighted by Gasteiger charge is -2.07. The molecule has 0 spiro atoms. The zero-order valence-electron chi connectivity index (χ0n) is 15.1. The summed E-state index contributed by atoms with van der Waals surface area (Å²) < 4.78 is 1.71. The van der Waals surface area contributed by atoms with Crippen LogP contribution in [-0.4, -0.2) is 25.7 Å². The van der Waals surface area contributed by atoms with Crippen molar-refractivity contribution in [2.75, 3.05) is 5.32 Å². The number of nitrogens with one attached hydrogen (secondary N) is 1. The minimum atomic E-state index is -0.214. The summed E-state index contributed by atoms with van der Waals surface area (Å²) in [6.45, 7) is 0. The Labute approximate surface area is 170 Å². The predicted molar refractivity (Wildman–Crippen MR) is 113 cm³/mol. The van der Waals surface area contributed by atoms with Gasteiger partial charge in [0.05, 0.1) is 6.20 Å². The van der Waals surface area contributed by atoms with E-state index in [2.05, 4.69) is 20.6 Å². The fraction of sp³-hybridized carbons (Fsp3) is 0. The molecule has 5 aromatic rings. The lowest BCUT2D eigenvalue weighted by molar-refractivity contribution is 0.102. The number of hydrogen-bond donors (Lipinski definition) is 1. The molecule has 0 atom stereocenters. The van der Waals surface area contributed by atoms with Crippen LogP contribution in [0.25, 0.3) is 27.8 Å². The molecule has 2 aromatic heterocycles. The number of hydrogen-bond acceptors (Lipinski definition) is 4. The van der Waals surface area contributed by atoms with Crippen molar-refractivity contribution in [1.82, 2.24) is 19.8 Å². The maximum Gasteiger partial charge on any atom is 0.255 e. The second kappa shape index (κ2) is 7.00. The van der Waals surface area contributed by atoms with E-state index in [9.17, 15) is 4.79 Å². The van der Waals surface area contributed by atoms with E-state index < -0.39 is 0 Å². The first-order valence-corrected chi connectivity index (χ1v) is 9.33. The molecule has 0 fully saturated rings. The molecule has 0 aliphatic rings. The Balaban J connectivity index is 1.50. The number of carbonyl (C=O) groups is 1. The number of fused-ring (bicyclic) bond motifs is 3. The third-order valence-electron chi connectivity index (χ3n) is 4.64. The van der Waals surface area contributed by atoms with E-state index in [4.69, 9.17) is 11.6 Å². The Bertz CT molecular complexity index is 1360. The zero-order chi connectivity index (χ0) is 19.8. The highest BCUT2D eigenvalue weighted by Gasteiger charge is 2.13. The Kier molecular flexibility index (Phi) is 4.18. The van der Waals surface area contributed by atoms with Crippen LogP contribution in [0.1, 0.15) is 10.4 Å². The van der Waals surface area contributed by atoms with Gasteiger partial charge >= 0.3 is 0 Å². The number of benzene rings is 3. The highest BCUT2D eigenvalue weighted by atomic mass is 35.5. The third kappa shape index (κ3) is 3.19. The van der Waals surface area contributed by atoms with Gasteiger partial charge in [-0.3, -0.25) is 4.79 Å². The van der Waals surface area contributed by atoms with Crippen LogP contribution in [0.2, 0.25) is 5.02 Å². The summed E-state index contributed by atoms with van der Waals surface area (Å²) in [5.74, 6) is 0.391. The molecule has 0 saturated heterocycles. The van der Waals surface area contributed by atoms with Gasteiger partial charge in [0.1, 0.15) is 0 Å². The summed E-state index contributed by atoms with van der Waals surface area (Å²) in [5, 5.41) is 18.6. The van der Waals surface area contributed by atoms with Gasteiger partial charge in [-0.25, -0.2) is 0 Å². The van der Waals surface area contributed by atoms with Crippen molar-refractivity contribution in [2.45, 2.75) is 0 Å². The number of aromatic nitrogens is 4. The van der Waals surface area contributed by atoms with Gasteiger partial charge < -0.3 is 5.32 Å². The molecule has 29 heavy (non-hydrogen) atoms. The highest BCUT2D eigenvalue weighted by Crippen LogP contribution is 2.24. The summed E-state index contributed by atoms with van der Waals surface area (Å²) in [7, 11) is 0. The molecule has 2 heterocycles. The number of amides is 1. The standard InChI is InChI=1S/C22H14ClN5O/c23-17-10-8-14(9-11-17)22(29)25-18-6-3-5-15(12-18)20-26-27-21-19-7-2-1-4-16(19)13-24-28(20)21/h1-13H,(H,25,29). The van der Waals surface area contributed by atoms with Crippen molar-refractivity contribution in [3.63, 3.8) is 0 Å². The van der Waals surface area contributed by atoms with Crippen LogP contribution in [0.4, 0.5) is 5.69 Å². The molecular weight excluding hydrogens is 386 g/mol. The summed E-state index contributed by atoms with van der Waals surface area (Å²) in [6.07, 6.45) is 1.79. The second-order valence-electron chi connectivity index (χ2n) is 6.53. The van der Waals surface area contributed by atoms with Crippen molar-refractivity contribution in [3.8, 4) is 11.4 Å². The Morgan fingerprint density at radius 2 is 1.76 bits per heavy atom. The van der Waals surface area contributed by atoms with Crippen LogP contribution in [-0.2, 0) is 0 Å². The first kappa shape index (κ1) is 17.3. The molecule has 0 unspecified atom stereocenters. The SMILES string of the molecule is O=C(Nc1cccc(-c2nnc3c4ccccc4cnn23)c1)c1ccc(Cl)cc1. The zero-order valence-corrected chi connectivity index (χ0v) is 15.8. The molecule has 0 bridgehead atoms. The van der Waals surface area contributed by atoms with Crippen LogP contribution < -0.4 is 5.32 Å². The van der Waals surface area contributed by atoms with Gasteiger partial charge in [0, 0.05) is 32.6 Å². The first-order chi connectivity index (χ1) is 14.2. The van der Waals surface area contributed by atoms with E-state index >= 15 is 0 Å². The van der Waals surface area contributed by atoms with Gasteiger partial charge in [-0.15, -0.1) is 10.2 Å². The highest BCUT2D eigenvalue weighted by molar-refractivity contribution is 6.30. The second-order valence-corrected chi connectivity index (χ2v) is 6.97. The van der Waals surface area contributed by atoms with E-state index in [0.29, 0.717) is 27.7 Å². The quantitative estimate of drug-likeness (QED) is 0.470. The van der Waals surface area contributed by atoms with E-state index in [1.54, 1.807) is 35.0 Å². The molecule has 3 aromatic carbocycles. The molecule has 7 heteroatoms. The summed E-state index contributed by atoms with van der Waals surface area (Å²) >= 11 is 5.89. The maximum atomic E-state index is 12.5. The Morgan fingerprint density at radius 3 is 2.62 bits per heavy atom.